The van der Waals surface area contributed by atoms with Gasteiger partial charge in [-0.25, -0.2) is 0 Å². The van der Waals surface area contributed by atoms with Gasteiger partial charge in [0.25, 0.3) is 0 Å². The molecule has 0 radical (unpaired) electrons. The normalized spacial score (nSPS) is 15.7. The topological polar surface area (TPSA) is 13.1 Å². The van der Waals surface area contributed by atoms with Crippen molar-refractivity contribution >= 4 is 0 Å². The molecule has 0 spiro atoms. The van der Waals surface area contributed by atoms with E-state index >= 15 is 0 Å². The summed E-state index contributed by atoms with van der Waals surface area (Å²) in [7, 11) is 0. The summed E-state index contributed by atoms with van der Waals surface area (Å²) >= 11 is 0. The van der Waals surface area contributed by atoms with Crippen molar-refractivity contribution in [3.63, 3.8) is 0 Å². The zero-order valence-electron chi connectivity index (χ0n) is 10.9. The second-order valence-corrected chi connectivity index (χ2v) is 5.04. The Morgan fingerprint density at radius 2 is 1.80 bits per heavy atom. The SMILES string of the molecule is CCC(C)[C@@H](c1cc(C)c(C)o1)C(C)C. The van der Waals surface area contributed by atoms with Crippen molar-refractivity contribution in [2.45, 2.75) is 53.9 Å². The highest BCUT2D eigenvalue weighted by Gasteiger charge is 2.25. The molecule has 2 atom stereocenters. The van der Waals surface area contributed by atoms with E-state index in [4.69, 9.17) is 4.42 Å². The fourth-order valence-electron chi connectivity index (χ4n) is 2.29. The van der Waals surface area contributed by atoms with Gasteiger partial charge in [0.2, 0.25) is 0 Å². The number of rotatable bonds is 4. The van der Waals surface area contributed by atoms with Gasteiger partial charge < -0.3 is 4.42 Å². The third kappa shape index (κ3) is 2.64. The summed E-state index contributed by atoms with van der Waals surface area (Å²) in [6, 6.07) is 2.21. The van der Waals surface area contributed by atoms with Gasteiger partial charge in [0.1, 0.15) is 11.5 Å². The van der Waals surface area contributed by atoms with Gasteiger partial charge in [0.05, 0.1) is 0 Å². The molecule has 86 valence electrons. The van der Waals surface area contributed by atoms with Crippen LogP contribution in [-0.4, -0.2) is 0 Å². The molecule has 1 heterocycles. The summed E-state index contributed by atoms with van der Waals surface area (Å²) in [5.41, 5.74) is 1.28. The smallest absolute Gasteiger partial charge is 0.108 e. The van der Waals surface area contributed by atoms with E-state index < -0.39 is 0 Å². The second kappa shape index (κ2) is 4.87. The molecule has 0 saturated carbocycles. The van der Waals surface area contributed by atoms with E-state index in [9.17, 15) is 0 Å². The van der Waals surface area contributed by atoms with E-state index in [2.05, 4.69) is 40.7 Å². The lowest BCUT2D eigenvalue weighted by Crippen LogP contribution is -2.14. The Labute approximate surface area is 93.9 Å². The van der Waals surface area contributed by atoms with Crippen LogP contribution in [0, 0.1) is 25.7 Å². The van der Waals surface area contributed by atoms with Crippen molar-refractivity contribution in [2.75, 3.05) is 0 Å². The minimum absolute atomic E-state index is 0.558. The van der Waals surface area contributed by atoms with Crippen LogP contribution in [0.25, 0.3) is 0 Å². The lowest BCUT2D eigenvalue weighted by molar-refractivity contribution is 0.299. The lowest BCUT2D eigenvalue weighted by Gasteiger charge is -2.24. The highest BCUT2D eigenvalue weighted by atomic mass is 16.3. The van der Waals surface area contributed by atoms with Crippen molar-refractivity contribution in [3.05, 3.63) is 23.2 Å². The molecule has 0 fully saturated rings. The predicted molar refractivity (Wildman–Crippen MR) is 65.2 cm³/mol. The summed E-state index contributed by atoms with van der Waals surface area (Å²) in [6.45, 7) is 13.3. The van der Waals surface area contributed by atoms with Gasteiger partial charge in [0.15, 0.2) is 0 Å². The van der Waals surface area contributed by atoms with Crippen LogP contribution in [0.5, 0.6) is 0 Å². The van der Waals surface area contributed by atoms with Crippen LogP contribution in [0.3, 0.4) is 0 Å². The summed E-state index contributed by atoms with van der Waals surface area (Å²) in [6.07, 6.45) is 1.21. The summed E-state index contributed by atoms with van der Waals surface area (Å²) in [5, 5.41) is 0. The van der Waals surface area contributed by atoms with E-state index in [1.807, 2.05) is 6.92 Å². The first-order chi connectivity index (χ1) is 6.97. The summed E-state index contributed by atoms with van der Waals surface area (Å²) < 4.78 is 5.86. The highest BCUT2D eigenvalue weighted by Crippen LogP contribution is 2.35. The quantitative estimate of drug-likeness (QED) is 0.700. The van der Waals surface area contributed by atoms with Crippen LogP contribution in [0.15, 0.2) is 10.5 Å². The van der Waals surface area contributed by atoms with Gasteiger partial charge in [-0.1, -0.05) is 34.1 Å². The predicted octanol–water partition coefficient (Wildman–Crippen LogP) is 4.68. The van der Waals surface area contributed by atoms with Crippen LogP contribution in [0.2, 0.25) is 0 Å². The average Bonchev–Trinajstić information content (AvgIpc) is 2.46. The molecule has 1 aromatic heterocycles. The van der Waals surface area contributed by atoms with Crippen LogP contribution in [0.1, 0.15) is 57.1 Å². The second-order valence-electron chi connectivity index (χ2n) is 5.04. The Hall–Kier alpha value is -0.720. The van der Waals surface area contributed by atoms with Gasteiger partial charge in [-0.2, -0.15) is 0 Å². The van der Waals surface area contributed by atoms with Gasteiger partial charge in [-0.15, -0.1) is 0 Å². The molecule has 0 saturated heterocycles. The molecule has 0 aliphatic carbocycles. The molecule has 0 aliphatic rings. The van der Waals surface area contributed by atoms with E-state index in [1.165, 1.54) is 17.7 Å². The average molecular weight is 208 g/mol. The minimum atomic E-state index is 0.558. The molecule has 0 N–H and O–H groups in total. The van der Waals surface area contributed by atoms with Crippen LogP contribution >= 0.6 is 0 Å². The molecule has 1 rings (SSSR count). The van der Waals surface area contributed by atoms with Gasteiger partial charge >= 0.3 is 0 Å². The van der Waals surface area contributed by atoms with Gasteiger partial charge in [0, 0.05) is 5.92 Å². The van der Waals surface area contributed by atoms with E-state index in [-0.39, 0.29) is 0 Å². The van der Waals surface area contributed by atoms with Crippen molar-refractivity contribution in [2.24, 2.45) is 11.8 Å². The standard InChI is InChI=1S/C14H24O/c1-7-10(4)14(9(2)3)13-8-11(5)12(6)15-13/h8-10,14H,7H2,1-6H3/t10?,14-/m0/s1. The maximum atomic E-state index is 5.86. The van der Waals surface area contributed by atoms with E-state index in [0.29, 0.717) is 17.8 Å². The maximum Gasteiger partial charge on any atom is 0.108 e. The number of furan rings is 1. The Kier molecular flexibility index (Phi) is 4.01. The summed E-state index contributed by atoms with van der Waals surface area (Å²) in [5.74, 6) is 4.13. The van der Waals surface area contributed by atoms with Crippen molar-refractivity contribution < 1.29 is 4.42 Å². The Morgan fingerprint density at radius 1 is 1.20 bits per heavy atom. The molecule has 0 bridgehead atoms. The van der Waals surface area contributed by atoms with Gasteiger partial charge in [-0.05, 0) is 37.3 Å². The Bertz CT molecular complexity index is 290. The number of hydrogen-bond donors (Lipinski definition) is 0. The molecule has 0 amide bonds. The molecule has 1 unspecified atom stereocenters. The monoisotopic (exact) mass is 208 g/mol. The lowest BCUT2D eigenvalue weighted by atomic mass is 9.81. The fraction of sp³-hybridized carbons (Fsp3) is 0.714. The fourth-order valence-corrected chi connectivity index (χ4v) is 2.29. The van der Waals surface area contributed by atoms with Crippen LogP contribution < -0.4 is 0 Å². The Balaban J connectivity index is 2.99. The largest absolute Gasteiger partial charge is 0.466 e. The zero-order valence-corrected chi connectivity index (χ0v) is 10.9. The molecular weight excluding hydrogens is 184 g/mol. The summed E-state index contributed by atoms with van der Waals surface area (Å²) in [4.78, 5) is 0. The van der Waals surface area contributed by atoms with E-state index in [0.717, 1.165) is 5.76 Å². The first-order valence-corrected chi connectivity index (χ1v) is 6.04. The van der Waals surface area contributed by atoms with Crippen LogP contribution in [-0.2, 0) is 0 Å². The maximum absolute atomic E-state index is 5.86. The third-order valence-corrected chi connectivity index (χ3v) is 3.49. The molecule has 15 heavy (non-hydrogen) atoms. The molecule has 1 aromatic rings. The highest BCUT2D eigenvalue weighted by molar-refractivity contribution is 5.21. The molecule has 0 aliphatic heterocycles. The number of aryl methyl sites for hydroxylation is 2. The van der Waals surface area contributed by atoms with Crippen molar-refractivity contribution in [1.82, 2.24) is 0 Å². The van der Waals surface area contributed by atoms with Crippen LogP contribution in [0.4, 0.5) is 0 Å². The first kappa shape index (κ1) is 12.4. The third-order valence-electron chi connectivity index (χ3n) is 3.49. The number of hydrogen-bond acceptors (Lipinski definition) is 1. The molecule has 1 heteroatoms. The first-order valence-electron chi connectivity index (χ1n) is 6.04. The van der Waals surface area contributed by atoms with Gasteiger partial charge in [-0.3, -0.25) is 0 Å². The Morgan fingerprint density at radius 3 is 2.13 bits per heavy atom. The molecule has 1 nitrogen and oxygen atoms in total. The molecule has 0 aromatic carbocycles. The molecular formula is C14H24O. The van der Waals surface area contributed by atoms with E-state index in [1.54, 1.807) is 0 Å². The zero-order chi connectivity index (χ0) is 11.6. The van der Waals surface area contributed by atoms with Crippen molar-refractivity contribution in [1.29, 1.82) is 0 Å². The minimum Gasteiger partial charge on any atom is -0.466 e. The van der Waals surface area contributed by atoms with Crippen molar-refractivity contribution in [3.8, 4) is 0 Å².